The Morgan fingerprint density at radius 2 is 2.06 bits per heavy atom. The normalized spacial score (nSPS) is 22.6. The van der Waals surface area contributed by atoms with Crippen LogP contribution in [-0.2, 0) is 13.0 Å². The van der Waals surface area contributed by atoms with E-state index >= 15 is 0 Å². The molecule has 0 unspecified atom stereocenters. The molecule has 88 valence electrons. The number of hydrogen-bond donors (Lipinski definition) is 0. The van der Waals surface area contributed by atoms with Gasteiger partial charge in [-0.1, -0.05) is 12.8 Å². The summed E-state index contributed by atoms with van der Waals surface area (Å²) in [6.07, 6.45) is 6.43. The van der Waals surface area contributed by atoms with Crippen molar-refractivity contribution in [3.63, 3.8) is 0 Å². The van der Waals surface area contributed by atoms with Crippen LogP contribution >= 0.6 is 15.9 Å². The summed E-state index contributed by atoms with van der Waals surface area (Å²) in [6.45, 7) is 2.18. The minimum atomic E-state index is 0.644. The molecule has 4 heteroatoms. The molecule has 0 saturated heterocycles. The molecule has 1 saturated carbocycles. The zero-order valence-electron chi connectivity index (χ0n) is 9.75. The van der Waals surface area contributed by atoms with Crippen molar-refractivity contribution in [2.24, 2.45) is 0 Å². The van der Waals surface area contributed by atoms with Crippen LogP contribution in [0.5, 0.6) is 0 Å². The van der Waals surface area contributed by atoms with Gasteiger partial charge in [0, 0.05) is 25.1 Å². The number of aromatic nitrogens is 2. The number of nitrogens with zero attached hydrogens (tertiary/aromatic N) is 3. The van der Waals surface area contributed by atoms with E-state index < -0.39 is 0 Å². The van der Waals surface area contributed by atoms with Crippen molar-refractivity contribution in [3.05, 3.63) is 15.9 Å². The molecule has 0 atom stereocenters. The highest BCUT2D eigenvalue weighted by atomic mass is 79.9. The van der Waals surface area contributed by atoms with Gasteiger partial charge in [0.25, 0.3) is 0 Å². The Bertz CT molecular complexity index is 393. The molecule has 1 aliphatic heterocycles. The molecule has 1 aliphatic carbocycles. The molecular weight excluding hydrogens is 266 g/mol. The smallest absolute Gasteiger partial charge is 0.109 e. The minimum Gasteiger partial charge on any atom is -0.302 e. The summed E-state index contributed by atoms with van der Waals surface area (Å²) < 4.78 is 3.48. The van der Waals surface area contributed by atoms with E-state index in [1.807, 2.05) is 0 Å². The van der Waals surface area contributed by atoms with Gasteiger partial charge in [-0.05, 0) is 35.8 Å². The van der Waals surface area contributed by atoms with Crippen LogP contribution in [0.15, 0.2) is 4.60 Å². The fourth-order valence-electron chi connectivity index (χ4n) is 2.89. The van der Waals surface area contributed by atoms with Gasteiger partial charge in [0.1, 0.15) is 4.60 Å². The quantitative estimate of drug-likeness (QED) is 0.790. The summed E-state index contributed by atoms with van der Waals surface area (Å²) in [7, 11) is 2.18. The summed E-state index contributed by atoms with van der Waals surface area (Å²) in [5, 5.41) is 4.81. The maximum atomic E-state index is 4.81. The first-order valence-electron chi connectivity index (χ1n) is 6.20. The van der Waals surface area contributed by atoms with Crippen LogP contribution in [-0.4, -0.2) is 28.3 Å². The van der Waals surface area contributed by atoms with E-state index in [9.17, 15) is 0 Å². The van der Waals surface area contributed by atoms with Gasteiger partial charge in [0.15, 0.2) is 0 Å². The van der Waals surface area contributed by atoms with E-state index in [-0.39, 0.29) is 0 Å². The van der Waals surface area contributed by atoms with Crippen LogP contribution in [0.1, 0.15) is 43.0 Å². The second kappa shape index (κ2) is 4.15. The Morgan fingerprint density at radius 1 is 1.31 bits per heavy atom. The third-order valence-corrected chi connectivity index (χ3v) is 4.70. The van der Waals surface area contributed by atoms with Crippen molar-refractivity contribution in [2.75, 3.05) is 13.6 Å². The Hall–Kier alpha value is -0.350. The lowest BCUT2D eigenvalue weighted by atomic mass is 10.1. The molecule has 0 radical (unpaired) electrons. The molecular formula is C12H18BrN3. The SMILES string of the molecule is CN1CCc2nn(C3CCCC3)c(Br)c2C1. The first-order chi connectivity index (χ1) is 7.75. The standard InChI is InChI=1S/C12H18BrN3/c1-15-7-6-11-10(8-15)12(13)16(14-11)9-4-2-3-5-9/h9H,2-8H2,1H3. The van der Waals surface area contributed by atoms with E-state index in [0.717, 1.165) is 19.5 Å². The number of fused-ring (bicyclic) bond motifs is 1. The number of halogens is 1. The summed E-state index contributed by atoms with van der Waals surface area (Å²) in [6, 6.07) is 0.644. The first-order valence-corrected chi connectivity index (χ1v) is 6.99. The van der Waals surface area contributed by atoms with Crippen LogP contribution in [0.3, 0.4) is 0 Å². The molecule has 3 nitrogen and oxygen atoms in total. The van der Waals surface area contributed by atoms with Gasteiger partial charge in [0.2, 0.25) is 0 Å². The lowest BCUT2D eigenvalue weighted by Crippen LogP contribution is -2.26. The molecule has 0 amide bonds. The molecule has 2 heterocycles. The summed E-state index contributed by atoms with van der Waals surface area (Å²) in [4.78, 5) is 2.37. The Morgan fingerprint density at radius 3 is 2.81 bits per heavy atom. The van der Waals surface area contributed by atoms with Crippen molar-refractivity contribution in [2.45, 2.75) is 44.7 Å². The van der Waals surface area contributed by atoms with Gasteiger partial charge >= 0.3 is 0 Å². The molecule has 1 aromatic rings. The maximum Gasteiger partial charge on any atom is 0.109 e. The zero-order chi connectivity index (χ0) is 11.1. The second-order valence-corrected chi connectivity index (χ2v) is 5.84. The van der Waals surface area contributed by atoms with Gasteiger partial charge in [0.05, 0.1) is 11.7 Å². The Balaban J connectivity index is 1.95. The topological polar surface area (TPSA) is 21.1 Å². The zero-order valence-corrected chi connectivity index (χ0v) is 11.3. The highest BCUT2D eigenvalue weighted by molar-refractivity contribution is 9.10. The first kappa shape index (κ1) is 10.8. The Labute approximate surface area is 105 Å². The third kappa shape index (κ3) is 1.72. The highest BCUT2D eigenvalue weighted by Crippen LogP contribution is 2.35. The summed E-state index contributed by atoms with van der Waals surface area (Å²) >= 11 is 3.75. The molecule has 3 rings (SSSR count). The number of likely N-dealkylation sites (N-methyl/N-ethyl adjacent to an activating group) is 1. The molecule has 2 aliphatic rings. The Kier molecular flexibility index (Phi) is 2.80. The number of rotatable bonds is 1. The average Bonchev–Trinajstić information content (AvgIpc) is 2.87. The van der Waals surface area contributed by atoms with E-state index in [2.05, 4.69) is 32.6 Å². The number of hydrogen-bond acceptors (Lipinski definition) is 2. The molecule has 0 aromatic carbocycles. The van der Waals surface area contributed by atoms with E-state index in [4.69, 9.17) is 5.10 Å². The molecule has 0 bridgehead atoms. The fourth-order valence-corrected chi connectivity index (χ4v) is 3.61. The lowest BCUT2D eigenvalue weighted by molar-refractivity contribution is 0.311. The predicted octanol–water partition coefficient (Wildman–Crippen LogP) is 2.75. The predicted molar refractivity (Wildman–Crippen MR) is 67.5 cm³/mol. The largest absolute Gasteiger partial charge is 0.302 e. The van der Waals surface area contributed by atoms with Crippen LogP contribution in [0.25, 0.3) is 0 Å². The summed E-state index contributed by atoms with van der Waals surface area (Å²) in [5.41, 5.74) is 2.73. The van der Waals surface area contributed by atoms with Crippen LogP contribution in [0, 0.1) is 0 Å². The van der Waals surface area contributed by atoms with Crippen molar-refractivity contribution in [1.82, 2.24) is 14.7 Å². The van der Waals surface area contributed by atoms with Crippen molar-refractivity contribution < 1.29 is 0 Å². The van der Waals surface area contributed by atoms with E-state index in [1.54, 1.807) is 0 Å². The van der Waals surface area contributed by atoms with Gasteiger partial charge in [-0.25, -0.2) is 0 Å². The minimum absolute atomic E-state index is 0.644. The van der Waals surface area contributed by atoms with Gasteiger partial charge in [-0.15, -0.1) is 0 Å². The monoisotopic (exact) mass is 283 g/mol. The molecule has 0 spiro atoms. The highest BCUT2D eigenvalue weighted by Gasteiger charge is 2.26. The van der Waals surface area contributed by atoms with E-state index in [1.165, 1.54) is 41.5 Å². The molecule has 1 fully saturated rings. The van der Waals surface area contributed by atoms with Gasteiger partial charge < -0.3 is 4.90 Å². The molecule has 16 heavy (non-hydrogen) atoms. The maximum absolute atomic E-state index is 4.81. The molecule has 1 aromatic heterocycles. The second-order valence-electron chi connectivity index (χ2n) is 5.09. The van der Waals surface area contributed by atoms with Crippen LogP contribution in [0.4, 0.5) is 0 Å². The van der Waals surface area contributed by atoms with Crippen molar-refractivity contribution >= 4 is 15.9 Å². The molecule has 0 N–H and O–H groups in total. The van der Waals surface area contributed by atoms with Crippen LogP contribution < -0.4 is 0 Å². The van der Waals surface area contributed by atoms with Gasteiger partial charge in [-0.2, -0.15) is 5.10 Å². The van der Waals surface area contributed by atoms with Gasteiger partial charge in [-0.3, -0.25) is 4.68 Å². The average molecular weight is 284 g/mol. The summed E-state index contributed by atoms with van der Waals surface area (Å²) in [5.74, 6) is 0. The van der Waals surface area contributed by atoms with Crippen molar-refractivity contribution in [3.8, 4) is 0 Å². The lowest BCUT2D eigenvalue weighted by Gasteiger charge is -2.21. The fraction of sp³-hybridized carbons (Fsp3) is 0.750. The van der Waals surface area contributed by atoms with Crippen molar-refractivity contribution in [1.29, 1.82) is 0 Å². The third-order valence-electron chi connectivity index (χ3n) is 3.86. The van der Waals surface area contributed by atoms with E-state index in [0.29, 0.717) is 6.04 Å². The van der Waals surface area contributed by atoms with Crippen LogP contribution in [0.2, 0.25) is 0 Å².